The molecule has 0 N–H and O–H groups in total. The molecule has 0 aliphatic heterocycles. The van der Waals surface area contributed by atoms with Crippen LogP contribution in [-0.2, 0) is 15.3 Å². The van der Waals surface area contributed by atoms with Crippen molar-refractivity contribution in [3.8, 4) is 0 Å². The lowest BCUT2D eigenvalue weighted by molar-refractivity contribution is -0.235. The third-order valence-electron chi connectivity index (χ3n) is 2.75. The molecule has 2 atom stereocenters. The largest absolute Gasteiger partial charge is 0.466 e. The Morgan fingerprint density at radius 2 is 1.94 bits per heavy atom. The standard InChI is InChI=1S/C15H20O2/c1-5-13(4)15(16-6-2,17-7-3)14-11-9-8-10-12-14/h5-6,8-13H,1-2,7H2,3-4H3. The molecule has 0 fully saturated rings. The summed E-state index contributed by atoms with van der Waals surface area (Å²) < 4.78 is 11.5. The summed E-state index contributed by atoms with van der Waals surface area (Å²) in [6.45, 7) is 12.0. The highest BCUT2D eigenvalue weighted by Crippen LogP contribution is 2.36. The lowest BCUT2D eigenvalue weighted by Gasteiger charge is -2.36. The number of hydrogen-bond acceptors (Lipinski definition) is 2. The molecular weight excluding hydrogens is 212 g/mol. The zero-order chi connectivity index (χ0) is 12.7. The zero-order valence-corrected chi connectivity index (χ0v) is 10.6. The number of ether oxygens (including phenoxy) is 2. The highest BCUT2D eigenvalue weighted by Gasteiger charge is 2.39. The lowest BCUT2D eigenvalue weighted by atomic mass is 9.92. The van der Waals surface area contributed by atoms with Crippen molar-refractivity contribution in [2.45, 2.75) is 19.6 Å². The Labute approximate surface area is 104 Å². The fourth-order valence-corrected chi connectivity index (χ4v) is 1.85. The number of rotatable bonds is 7. The monoisotopic (exact) mass is 232 g/mol. The summed E-state index contributed by atoms with van der Waals surface area (Å²) in [6, 6.07) is 9.86. The van der Waals surface area contributed by atoms with Crippen molar-refractivity contribution < 1.29 is 9.47 Å². The molecule has 1 aromatic rings. The van der Waals surface area contributed by atoms with Gasteiger partial charge in [0.15, 0.2) is 0 Å². The van der Waals surface area contributed by atoms with Gasteiger partial charge in [-0.1, -0.05) is 49.9 Å². The first-order valence-electron chi connectivity index (χ1n) is 5.82. The van der Waals surface area contributed by atoms with Gasteiger partial charge >= 0.3 is 0 Å². The zero-order valence-electron chi connectivity index (χ0n) is 10.6. The molecule has 0 saturated carbocycles. The first-order chi connectivity index (χ1) is 8.21. The molecule has 2 heteroatoms. The normalized spacial score (nSPS) is 15.6. The van der Waals surface area contributed by atoms with Gasteiger partial charge in [-0.2, -0.15) is 0 Å². The maximum Gasteiger partial charge on any atom is 0.242 e. The Balaban J connectivity index is 3.23. The number of benzene rings is 1. The van der Waals surface area contributed by atoms with Crippen LogP contribution >= 0.6 is 0 Å². The molecule has 0 aliphatic carbocycles. The molecule has 0 heterocycles. The van der Waals surface area contributed by atoms with Crippen LogP contribution in [0.15, 0.2) is 55.8 Å². The van der Waals surface area contributed by atoms with E-state index in [4.69, 9.17) is 9.47 Å². The summed E-state index contributed by atoms with van der Waals surface area (Å²) in [4.78, 5) is 0. The van der Waals surface area contributed by atoms with Gasteiger partial charge in [0.25, 0.3) is 0 Å². The van der Waals surface area contributed by atoms with Crippen LogP contribution in [0.2, 0.25) is 0 Å². The van der Waals surface area contributed by atoms with Gasteiger partial charge in [-0.05, 0) is 6.92 Å². The molecule has 0 radical (unpaired) electrons. The summed E-state index contributed by atoms with van der Waals surface area (Å²) in [5, 5.41) is 0. The van der Waals surface area contributed by atoms with Gasteiger partial charge in [0.05, 0.1) is 6.26 Å². The van der Waals surface area contributed by atoms with Crippen LogP contribution in [0.4, 0.5) is 0 Å². The van der Waals surface area contributed by atoms with Crippen molar-refractivity contribution in [3.05, 3.63) is 61.4 Å². The molecule has 92 valence electrons. The molecular formula is C15H20O2. The van der Waals surface area contributed by atoms with E-state index in [1.807, 2.05) is 50.3 Å². The number of hydrogen-bond donors (Lipinski definition) is 0. The first-order valence-corrected chi connectivity index (χ1v) is 5.82. The average Bonchev–Trinajstić information content (AvgIpc) is 2.38. The van der Waals surface area contributed by atoms with Crippen molar-refractivity contribution >= 4 is 0 Å². The van der Waals surface area contributed by atoms with Crippen LogP contribution in [0.5, 0.6) is 0 Å². The van der Waals surface area contributed by atoms with Crippen molar-refractivity contribution in [1.82, 2.24) is 0 Å². The fourth-order valence-electron chi connectivity index (χ4n) is 1.85. The molecule has 1 aromatic carbocycles. The van der Waals surface area contributed by atoms with Gasteiger partial charge in [0.1, 0.15) is 0 Å². The summed E-state index contributed by atoms with van der Waals surface area (Å²) in [7, 11) is 0. The first kappa shape index (κ1) is 13.5. The summed E-state index contributed by atoms with van der Waals surface area (Å²) in [5.74, 6) is -0.817. The van der Waals surface area contributed by atoms with Crippen LogP contribution in [-0.4, -0.2) is 6.61 Å². The van der Waals surface area contributed by atoms with E-state index in [9.17, 15) is 0 Å². The highest BCUT2D eigenvalue weighted by molar-refractivity contribution is 5.22. The molecule has 17 heavy (non-hydrogen) atoms. The van der Waals surface area contributed by atoms with Gasteiger partial charge in [0.2, 0.25) is 5.79 Å². The van der Waals surface area contributed by atoms with Crippen LogP contribution < -0.4 is 0 Å². The van der Waals surface area contributed by atoms with E-state index in [1.165, 1.54) is 6.26 Å². The Hall–Kier alpha value is -1.54. The third-order valence-corrected chi connectivity index (χ3v) is 2.75. The maximum absolute atomic E-state index is 5.84. The molecule has 2 unspecified atom stereocenters. The van der Waals surface area contributed by atoms with Crippen LogP contribution in [0.3, 0.4) is 0 Å². The molecule has 0 amide bonds. The van der Waals surface area contributed by atoms with E-state index in [0.29, 0.717) is 6.61 Å². The van der Waals surface area contributed by atoms with Gasteiger partial charge in [0, 0.05) is 18.1 Å². The van der Waals surface area contributed by atoms with Gasteiger partial charge in [-0.15, -0.1) is 6.58 Å². The SMILES string of the molecule is C=COC(OCC)(c1ccccc1)C(C)C=C. The smallest absolute Gasteiger partial charge is 0.242 e. The molecule has 0 spiro atoms. The van der Waals surface area contributed by atoms with E-state index < -0.39 is 5.79 Å². The van der Waals surface area contributed by atoms with Gasteiger partial charge in [-0.25, -0.2) is 0 Å². The quantitative estimate of drug-likeness (QED) is 0.404. The third kappa shape index (κ3) is 2.77. The Bertz CT molecular complexity index is 358. The minimum absolute atomic E-state index is 0.0165. The second-order valence-electron chi connectivity index (χ2n) is 3.78. The fraction of sp³-hybridized carbons (Fsp3) is 0.333. The molecule has 0 aliphatic rings. The Morgan fingerprint density at radius 3 is 2.41 bits per heavy atom. The van der Waals surface area contributed by atoms with E-state index in [1.54, 1.807) is 0 Å². The molecule has 2 nitrogen and oxygen atoms in total. The van der Waals surface area contributed by atoms with E-state index in [0.717, 1.165) is 5.56 Å². The molecule has 0 bridgehead atoms. The summed E-state index contributed by atoms with van der Waals surface area (Å²) in [6.07, 6.45) is 3.24. The summed E-state index contributed by atoms with van der Waals surface area (Å²) in [5.41, 5.74) is 0.967. The van der Waals surface area contributed by atoms with Gasteiger partial charge in [-0.3, -0.25) is 0 Å². The van der Waals surface area contributed by atoms with Crippen molar-refractivity contribution in [2.75, 3.05) is 6.61 Å². The molecule has 1 rings (SSSR count). The van der Waals surface area contributed by atoms with Gasteiger partial charge < -0.3 is 9.47 Å². The van der Waals surface area contributed by atoms with Crippen LogP contribution in [0.25, 0.3) is 0 Å². The highest BCUT2D eigenvalue weighted by atomic mass is 16.7. The molecule has 0 aromatic heterocycles. The van der Waals surface area contributed by atoms with E-state index in [-0.39, 0.29) is 5.92 Å². The second-order valence-corrected chi connectivity index (χ2v) is 3.78. The minimum atomic E-state index is -0.834. The average molecular weight is 232 g/mol. The second kappa shape index (κ2) is 6.26. The van der Waals surface area contributed by atoms with Crippen molar-refractivity contribution in [1.29, 1.82) is 0 Å². The molecule has 0 saturated heterocycles. The van der Waals surface area contributed by atoms with Crippen LogP contribution in [0.1, 0.15) is 19.4 Å². The lowest BCUT2D eigenvalue weighted by Crippen LogP contribution is -2.37. The predicted octanol–water partition coefficient (Wildman–Crippen LogP) is 3.86. The Kier molecular flexibility index (Phi) is 4.98. The topological polar surface area (TPSA) is 18.5 Å². The van der Waals surface area contributed by atoms with E-state index in [2.05, 4.69) is 13.2 Å². The Morgan fingerprint density at radius 1 is 1.29 bits per heavy atom. The minimum Gasteiger partial charge on any atom is -0.466 e. The van der Waals surface area contributed by atoms with Crippen molar-refractivity contribution in [2.24, 2.45) is 5.92 Å². The maximum atomic E-state index is 5.84. The predicted molar refractivity (Wildman–Crippen MR) is 70.4 cm³/mol. The summed E-state index contributed by atoms with van der Waals surface area (Å²) >= 11 is 0. The van der Waals surface area contributed by atoms with Crippen molar-refractivity contribution in [3.63, 3.8) is 0 Å². The van der Waals surface area contributed by atoms with Crippen LogP contribution in [0, 0.1) is 5.92 Å². The van der Waals surface area contributed by atoms with E-state index >= 15 is 0 Å².